The van der Waals surface area contributed by atoms with Crippen molar-refractivity contribution < 1.29 is 168 Å². The summed E-state index contributed by atoms with van der Waals surface area (Å²) in [7, 11) is 0. The van der Waals surface area contributed by atoms with Gasteiger partial charge in [-0.1, -0.05) is 12.1 Å². The zero-order chi connectivity index (χ0) is 66.0. The zero-order valence-corrected chi connectivity index (χ0v) is 46.5. The van der Waals surface area contributed by atoms with E-state index in [1.807, 2.05) is 0 Å². The highest BCUT2D eigenvalue weighted by molar-refractivity contribution is 5.90. The second-order valence-electron chi connectivity index (χ2n) is 20.9. The number of rotatable bonds is 19. The smallest absolute Gasteiger partial charge is 0.402 e. The first kappa shape index (κ1) is 66.9. The number of phenolic OH excluding ortho intramolecular Hbond substituents is 7. The molecule has 1 aromatic heterocycles. The summed E-state index contributed by atoms with van der Waals surface area (Å²) in [5, 5.41) is 212. The van der Waals surface area contributed by atoms with Crippen molar-refractivity contribution in [1.82, 2.24) is 0 Å². The Morgan fingerprint density at radius 3 is 1.62 bits per heavy atom. The highest BCUT2D eigenvalue weighted by Gasteiger charge is 2.54. The monoisotopic (exact) mass is 1290 g/mol. The lowest BCUT2D eigenvalue weighted by molar-refractivity contribution is -0.358. The second-order valence-corrected chi connectivity index (χ2v) is 20.9. The fourth-order valence-corrected chi connectivity index (χ4v) is 9.77. The maximum atomic E-state index is 13.3. The van der Waals surface area contributed by atoms with Crippen LogP contribution in [0.4, 0.5) is 0 Å². The van der Waals surface area contributed by atoms with E-state index in [0.717, 1.165) is 72.8 Å². The Bertz CT molecular complexity index is 3510. The van der Waals surface area contributed by atoms with Crippen LogP contribution in [0.15, 0.2) is 83.3 Å². The summed E-state index contributed by atoms with van der Waals surface area (Å²) in [6.07, 6.45) is -37.3. The van der Waals surface area contributed by atoms with Crippen molar-refractivity contribution in [3.05, 3.63) is 90.0 Å². The molecule has 9 rings (SSSR count). The molecule has 0 spiro atoms. The van der Waals surface area contributed by atoms with Crippen LogP contribution >= 0.6 is 0 Å². The summed E-state index contributed by atoms with van der Waals surface area (Å²) >= 11 is 0. The maximum absolute atomic E-state index is 13.3. The summed E-state index contributed by atoms with van der Waals surface area (Å²) in [5.41, 5.74) is -0.506. The molecule has 0 unspecified atom stereocenters. The fraction of sp³-hybridized carbons (Fsp3) is 0.404. The van der Waals surface area contributed by atoms with Crippen molar-refractivity contribution >= 4 is 41.0 Å². The molecule has 20 N–H and O–H groups in total. The van der Waals surface area contributed by atoms with E-state index in [9.17, 15) is 117 Å². The molecular formula is C57H61O34+. The minimum Gasteiger partial charge on any atom is -0.507 e. The van der Waals surface area contributed by atoms with Crippen LogP contribution in [0.5, 0.6) is 57.5 Å². The Balaban J connectivity index is 1.07. The Morgan fingerprint density at radius 1 is 0.484 bits per heavy atom. The highest BCUT2D eigenvalue weighted by atomic mass is 16.8. The van der Waals surface area contributed by atoms with E-state index >= 15 is 0 Å². The number of esters is 2. The molecule has 34 nitrogen and oxygen atoms in total. The van der Waals surface area contributed by atoms with E-state index in [2.05, 4.69) is 0 Å². The molecule has 91 heavy (non-hydrogen) atoms. The molecular weight excluding hydrogens is 1230 g/mol. The molecule has 4 saturated heterocycles. The molecule has 5 heterocycles. The number of fused-ring (bicyclic) bond motifs is 1. The average Bonchev–Trinajstić information content (AvgIpc) is 1.47. The molecule has 4 aromatic carbocycles. The van der Waals surface area contributed by atoms with E-state index in [-0.39, 0.29) is 16.5 Å². The van der Waals surface area contributed by atoms with E-state index in [1.54, 1.807) is 0 Å². The second kappa shape index (κ2) is 27.9. The summed E-state index contributed by atoms with van der Waals surface area (Å²) < 4.78 is 63.1. The van der Waals surface area contributed by atoms with Gasteiger partial charge >= 0.3 is 29.3 Å². The fourth-order valence-electron chi connectivity index (χ4n) is 9.77. The van der Waals surface area contributed by atoms with Crippen molar-refractivity contribution in [2.24, 2.45) is 0 Å². The molecule has 4 aliphatic rings. The first-order chi connectivity index (χ1) is 43.2. The molecule has 4 aliphatic heterocycles. The number of carboxylic acids is 1. The number of carbonyl (C=O) groups is 3. The summed E-state index contributed by atoms with van der Waals surface area (Å²) in [6.45, 7) is -2.85. The van der Waals surface area contributed by atoms with Crippen molar-refractivity contribution in [2.75, 3.05) is 19.8 Å². The first-order valence-corrected chi connectivity index (χ1v) is 27.2. The van der Waals surface area contributed by atoms with Crippen molar-refractivity contribution in [3.8, 4) is 68.8 Å². The quantitative estimate of drug-likeness (QED) is 0.0164. The van der Waals surface area contributed by atoms with Gasteiger partial charge in [0.2, 0.25) is 30.4 Å². The zero-order valence-electron chi connectivity index (χ0n) is 46.5. The third-order valence-electron chi connectivity index (χ3n) is 14.7. The molecule has 0 aliphatic carbocycles. The van der Waals surface area contributed by atoms with Gasteiger partial charge < -0.3 is 149 Å². The molecule has 0 radical (unpaired) electrons. The van der Waals surface area contributed by atoms with Gasteiger partial charge in [0, 0.05) is 36.4 Å². The third-order valence-corrected chi connectivity index (χ3v) is 14.7. The number of benzene rings is 4. The largest absolute Gasteiger partial charge is 0.507 e. The van der Waals surface area contributed by atoms with Crippen LogP contribution in [-0.2, 0) is 47.5 Å². The Kier molecular flexibility index (Phi) is 20.5. The van der Waals surface area contributed by atoms with Crippen molar-refractivity contribution in [2.45, 2.75) is 123 Å². The van der Waals surface area contributed by atoms with Crippen molar-refractivity contribution in [3.63, 3.8) is 0 Å². The van der Waals surface area contributed by atoms with Gasteiger partial charge in [-0.25, -0.2) is 18.8 Å². The molecule has 5 aromatic rings. The van der Waals surface area contributed by atoms with E-state index < -0.39 is 235 Å². The van der Waals surface area contributed by atoms with Crippen LogP contribution < -0.4 is 14.2 Å². The van der Waals surface area contributed by atoms with Gasteiger partial charge in [0.25, 0.3) is 0 Å². The Morgan fingerprint density at radius 2 is 1.02 bits per heavy atom. The number of ether oxygens (including phenoxy) is 10. The molecule has 492 valence electrons. The van der Waals surface area contributed by atoms with Crippen LogP contribution in [0.25, 0.3) is 34.4 Å². The molecule has 4 fully saturated rings. The molecule has 34 heteroatoms. The number of aliphatic hydroxyl groups excluding tert-OH is 12. The molecule has 0 amide bonds. The Labute approximate surface area is 509 Å². The number of hydrogen-bond acceptors (Lipinski definition) is 32. The van der Waals surface area contributed by atoms with Crippen LogP contribution in [0, 0.1) is 0 Å². The van der Waals surface area contributed by atoms with Crippen LogP contribution in [0.2, 0.25) is 0 Å². The van der Waals surface area contributed by atoms with Crippen molar-refractivity contribution in [1.29, 1.82) is 0 Å². The van der Waals surface area contributed by atoms with Gasteiger partial charge in [-0.2, -0.15) is 0 Å². The average molecular weight is 1290 g/mol. The number of aliphatic hydroxyl groups is 12. The number of phenols is 7. The van der Waals surface area contributed by atoms with Crippen LogP contribution in [-0.4, -0.2) is 263 Å². The lowest BCUT2D eigenvalue weighted by Crippen LogP contribution is -2.65. The summed E-state index contributed by atoms with van der Waals surface area (Å²) in [4.78, 5) is 37.9. The minimum atomic E-state index is -2.25. The SMILES string of the molecule is O=C(/C=C/c1ccc(O)c(O)c1)OC[C@H]1O[C@@H](Oc2cc(O)c3cc(O[C@@H]4O[C@H](CO)[C@H](O)[C@H](O)[C@H]4O[C@@H]4O[C@H](CO)[C@@H](O)[C@H](O)[C@H]4OC(=O)/C=C/c4ccc(O)c(O)c4)c(-c4cc(O)c(O)c(O[C@@H]5O[C@H](C(=O)O)[C@@H](O)[C@H](O)[C@H]5O)c4)[o+]c3c2)[C@H](O)[C@@H](O)[C@@H]1O. The minimum absolute atomic E-state index is 0.154. The van der Waals surface area contributed by atoms with Gasteiger partial charge in [-0.15, -0.1) is 0 Å². The molecule has 0 saturated carbocycles. The number of carbonyl (C=O) groups excluding carboxylic acids is 2. The van der Waals surface area contributed by atoms with Gasteiger partial charge in [0.1, 0.15) is 103 Å². The topological polar surface area (TPSA) is 559 Å². The van der Waals surface area contributed by atoms with Gasteiger partial charge in [-0.05, 0) is 47.5 Å². The van der Waals surface area contributed by atoms with Crippen LogP contribution in [0.1, 0.15) is 11.1 Å². The van der Waals surface area contributed by atoms with Crippen LogP contribution in [0.3, 0.4) is 0 Å². The predicted octanol–water partition coefficient (Wildman–Crippen LogP) is -3.70. The van der Waals surface area contributed by atoms with E-state index in [1.165, 1.54) is 18.2 Å². The standard InChI is InChI=1S/C57H60O34/c58-16-33-40(70)45(75)52(91-57-51(44(74)39(69)34(17-59)87-57)89-37(67)8-4-20-2-6-25(61)28(64)10-20)56(86-33)85-32-15-23-26(62)13-22(82-54-47(77)42(72)41(71)35(88-54)18-81-36(66)7-3-19-1-5-24(60)27(63)9-19)14-30(23)83-49(32)21-11-29(65)38(68)31(12-21)84-55-48(78)43(73)46(76)50(90-55)53(79)80/h1-15,33-35,39-48,50-52,54-59,69-78H,16-18H2,(H7-,60,61,62,63,64,65,66,67,68,79,80)/p+1/t33-,34-,35-,39-,40+,41-,42+,43+,44+,45+,46+,47-,48-,50+,51-,52-,54-,55-,56-,57+/m1/s1. The molecule has 0 bridgehead atoms. The lowest BCUT2D eigenvalue weighted by atomic mass is 9.97. The van der Waals surface area contributed by atoms with E-state index in [0.29, 0.717) is 0 Å². The normalized spacial score (nSPS) is 31.9. The summed E-state index contributed by atoms with van der Waals surface area (Å²) in [5.74, 6) is -11.8. The Hall–Kier alpha value is -8.50. The van der Waals surface area contributed by atoms with Gasteiger partial charge in [-0.3, -0.25) is 0 Å². The van der Waals surface area contributed by atoms with E-state index in [4.69, 9.17) is 51.8 Å². The third kappa shape index (κ3) is 14.5. The number of carboxylic acid groups (broad SMARTS) is 1. The lowest BCUT2D eigenvalue weighted by Gasteiger charge is -2.46. The maximum Gasteiger partial charge on any atom is 0.402 e. The number of aromatic hydroxyl groups is 7. The number of aliphatic carboxylic acids is 1. The highest BCUT2D eigenvalue weighted by Crippen LogP contribution is 2.47. The number of hydrogen-bond donors (Lipinski definition) is 20. The van der Waals surface area contributed by atoms with Gasteiger partial charge in [0.15, 0.2) is 59.1 Å². The predicted molar refractivity (Wildman–Crippen MR) is 293 cm³/mol. The summed E-state index contributed by atoms with van der Waals surface area (Å²) in [6, 6.07) is 11.6. The molecule has 20 atom stereocenters. The van der Waals surface area contributed by atoms with Gasteiger partial charge in [0.05, 0.1) is 24.8 Å². The first-order valence-electron chi connectivity index (χ1n) is 27.2.